The first-order valence-electron chi connectivity index (χ1n) is 7.54. The summed E-state index contributed by atoms with van der Waals surface area (Å²) in [6, 6.07) is 19.6. The van der Waals surface area contributed by atoms with Gasteiger partial charge in [0, 0.05) is 0 Å². The SMILES string of the molecule is CC=CCC(C)(C(=O)OCc1ccccc1)c1ccccc1. The minimum absolute atomic E-state index is 0.194. The van der Waals surface area contributed by atoms with Crippen molar-refractivity contribution in [3.63, 3.8) is 0 Å². The van der Waals surface area contributed by atoms with Crippen molar-refractivity contribution in [3.8, 4) is 0 Å². The van der Waals surface area contributed by atoms with Gasteiger partial charge in [-0.3, -0.25) is 4.79 Å². The fourth-order valence-electron chi connectivity index (χ4n) is 2.36. The van der Waals surface area contributed by atoms with Crippen molar-refractivity contribution in [3.05, 3.63) is 83.9 Å². The molecule has 1 unspecified atom stereocenters. The molecule has 0 spiro atoms. The Morgan fingerprint density at radius 2 is 1.64 bits per heavy atom. The van der Waals surface area contributed by atoms with Crippen molar-refractivity contribution in [2.24, 2.45) is 0 Å². The number of benzene rings is 2. The Hall–Kier alpha value is -2.35. The second-order valence-corrected chi connectivity index (χ2v) is 5.53. The number of rotatable bonds is 6. The Balaban J connectivity index is 2.16. The molecule has 22 heavy (non-hydrogen) atoms. The van der Waals surface area contributed by atoms with Gasteiger partial charge < -0.3 is 4.74 Å². The number of hydrogen-bond donors (Lipinski definition) is 0. The van der Waals surface area contributed by atoms with Crippen LogP contribution in [0.15, 0.2) is 72.8 Å². The number of carbonyl (C=O) groups excluding carboxylic acids is 1. The van der Waals surface area contributed by atoms with Gasteiger partial charge in [0.1, 0.15) is 6.61 Å². The maximum Gasteiger partial charge on any atom is 0.316 e. The van der Waals surface area contributed by atoms with E-state index in [1.807, 2.05) is 86.7 Å². The lowest BCUT2D eigenvalue weighted by Crippen LogP contribution is -2.34. The number of allylic oxidation sites excluding steroid dienone is 2. The third-order valence-electron chi connectivity index (χ3n) is 3.84. The summed E-state index contributed by atoms with van der Waals surface area (Å²) < 4.78 is 5.57. The van der Waals surface area contributed by atoms with Crippen LogP contribution in [0, 0.1) is 0 Å². The van der Waals surface area contributed by atoms with E-state index in [1.54, 1.807) is 0 Å². The fourth-order valence-corrected chi connectivity index (χ4v) is 2.36. The molecule has 0 aliphatic heterocycles. The Bertz CT molecular complexity index is 617. The smallest absolute Gasteiger partial charge is 0.316 e. The van der Waals surface area contributed by atoms with Crippen LogP contribution in [0.2, 0.25) is 0 Å². The molecule has 0 saturated carbocycles. The molecule has 2 aromatic rings. The third kappa shape index (κ3) is 3.85. The van der Waals surface area contributed by atoms with Crippen molar-refractivity contribution >= 4 is 5.97 Å². The predicted molar refractivity (Wildman–Crippen MR) is 89.5 cm³/mol. The first-order valence-corrected chi connectivity index (χ1v) is 7.54. The predicted octanol–water partition coefficient (Wildman–Crippen LogP) is 4.65. The van der Waals surface area contributed by atoms with Crippen molar-refractivity contribution in [1.29, 1.82) is 0 Å². The monoisotopic (exact) mass is 294 g/mol. The summed E-state index contributed by atoms with van der Waals surface area (Å²) in [5.74, 6) is -0.194. The van der Waals surface area contributed by atoms with Gasteiger partial charge in [-0.25, -0.2) is 0 Å². The summed E-state index contributed by atoms with van der Waals surface area (Å²) in [6.45, 7) is 4.20. The number of hydrogen-bond acceptors (Lipinski definition) is 2. The highest BCUT2D eigenvalue weighted by molar-refractivity contribution is 5.83. The topological polar surface area (TPSA) is 26.3 Å². The lowest BCUT2D eigenvalue weighted by molar-refractivity contribution is -0.151. The second-order valence-electron chi connectivity index (χ2n) is 5.53. The molecule has 0 aromatic heterocycles. The van der Waals surface area contributed by atoms with Crippen LogP contribution in [0.3, 0.4) is 0 Å². The van der Waals surface area contributed by atoms with Crippen LogP contribution in [0.25, 0.3) is 0 Å². The Labute approximate surface area is 132 Å². The van der Waals surface area contributed by atoms with Crippen molar-refractivity contribution in [1.82, 2.24) is 0 Å². The first-order chi connectivity index (χ1) is 10.7. The van der Waals surface area contributed by atoms with E-state index in [0.29, 0.717) is 13.0 Å². The Morgan fingerprint density at radius 3 is 2.23 bits per heavy atom. The van der Waals surface area contributed by atoms with Crippen LogP contribution in [0.5, 0.6) is 0 Å². The summed E-state index contributed by atoms with van der Waals surface area (Å²) in [5.41, 5.74) is 1.31. The van der Waals surface area contributed by atoms with Crippen molar-refractivity contribution in [2.75, 3.05) is 0 Å². The molecule has 2 rings (SSSR count). The van der Waals surface area contributed by atoms with Gasteiger partial charge in [-0.05, 0) is 31.4 Å². The highest BCUT2D eigenvalue weighted by Crippen LogP contribution is 2.30. The van der Waals surface area contributed by atoms with Gasteiger partial charge in [0.25, 0.3) is 0 Å². The maximum absolute atomic E-state index is 12.7. The molecule has 0 fully saturated rings. The van der Waals surface area contributed by atoms with E-state index in [9.17, 15) is 4.79 Å². The van der Waals surface area contributed by atoms with E-state index in [-0.39, 0.29) is 5.97 Å². The van der Waals surface area contributed by atoms with Crippen LogP contribution in [0.4, 0.5) is 0 Å². The van der Waals surface area contributed by atoms with Gasteiger partial charge in [0.2, 0.25) is 0 Å². The summed E-state index contributed by atoms with van der Waals surface area (Å²) in [6.07, 6.45) is 4.60. The highest BCUT2D eigenvalue weighted by Gasteiger charge is 2.35. The number of carbonyl (C=O) groups is 1. The Kier molecular flexibility index (Phi) is 5.54. The largest absolute Gasteiger partial charge is 0.460 e. The molecular formula is C20H22O2. The van der Waals surface area contributed by atoms with Crippen LogP contribution in [-0.4, -0.2) is 5.97 Å². The van der Waals surface area contributed by atoms with E-state index in [2.05, 4.69) is 0 Å². The average molecular weight is 294 g/mol. The lowest BCUT2D eigenvalue weighted by atomic mass is 9.79. The van der Waals surface area contributed by atoms with Gasteiger partial charge >= 0.3 is 5.97 Å². The molecule has 0 aliphatic rings. The summed E-state index contributed by atoms with van der Waals surface area (Å²) in [5, 5.41) is 0. The van der Waals surface area contributed by atoms with Crippen molar-refractivity contribution in [2.45, 2.75) is 32.3 Å². The number of ether oxygens (including phenoxy) is 1. The van der Waals surface area contributed by atoms with E-state index in [4.69, 9.17) is 4.74 Å². The van der Waals surface area contributed by atoms with Gasteiger partial charge in [-0.1, -0.05) is 72.8 Å². The van der Waals surface area contributed by atoms with Crippen LogP contribution < -0.4 is 0 Å². The zero-order chi connectivity index (χ0) is 15.8. The molecule has 0 radical (unpaired) electrons. The zero-order valence-corrected chi connectivity index (χ0v) is 13.2. The molecule has 2 nitrogen and oxygen atoms in total. The van der Waals surface area contributed by atoms with Gasteiger partial charge in [-0.2, -0.15) is 0 Å². The van der Waals surface area contributed by atoms with E-state index in [0.717, 1.165) is 11.1 Å². The van der Waals surface area contributed by atoms with Gasteiger partial charge in [0.05, 0.1) is 5.41 Å². The molecular weight excluding hydrogens is 272 g/mol. The third-order valence-corrected chi connectivity index (χ3v) is 3.84. The highest BCUT2D eigenvalue weighted by atomic mass is 16.5. The van der Waals surface area contributed by atoms with Gasteiger partial charge in [0.15, 0.2) is 0 Å². The summed E-state index contributed by atoms with van der Waals surface area (Å²) in [7, 11) is 0. The number of esters is 1. The molecule has 1 atom stereocenters. The second kappa shape index (κ2) is 7.60. The molecule has 2 aromatic carbocycles. The molecule has 2 heteroatoms. The average Bonchev–Trinajstić information content (AvgIpc) is 2.59. The van der Waals surface area contributed by atoms with Gasteiger partial charge in [-0.15, -0.1) is 0 Å². The Morgan fingerprint density at radius 1 is 1.05 bits per heavy atom. The van der Waals surface area contributed by atoms with E-state index < -0.39 is 5.41 Å². The summed E-state index contributed by atoms with van der Waals surface area (Å²) in [4.78, 5) is 12.7. The molecule has 114 valence electrons. The fraction of sp³-hybridized carbons (Fsp3) is 0.250. The van der Waals surface area contributed by atoms with Crippen molar-refractivity contribution < 1.29 is 9.53 Å². The minimum Gasteiger partial charge on any atom is -0.460 e. The lowest BCUT2D eigenvalue weighted by Gasteiger charge is -2.26. The zero-order valence-electron chi connectivity index (χ0n) is 13.2. The standard InChI is InChI=1S/C20H22O2/c1-3-4-15-20(2,18-13-9-6-10-14-18)19(21)22-16-17-11-7-5-8-12-17/h3-14H,15-16H2,1-2H3. The van der Waals surface area contributed by atoms with Crippen LogP contribution in [-0.2, 0) is 21.6 Å². The molecule has 0 amide bonds. The molecule has 0 heterocycles. The molecule has 0 bridgehead atoms. The molecule has 0 saturated heterocycles. The van der Waals surface area contributed by atoms with Crippen LogP contribution in [0.1, 0.15) is 31.4 Å². The van der Waals surface area contributed by atoms with E-state index >= 15 is 0 Å². The first kappa shape index (κ1) is 16.0. The van der Waals surface area contributed by atoms with E-state index in [1.165, 1.54) is 0 Å². The maximum atomic E-state index is 12.7. The van der Waals surface area contributed by atoms with Crippen LogP contribution >= 0.6 is 0 Å². The molecule has 0 aliphatic carbocycles. The summed E-state index contributed by atoms with van der Waals surface area (Å²) >= 11 is 0. The molecule has 0 N–H and O–H groups in total. The minimum atomic E-state index is -0.664. The quantitative estimate of drug-likeness (QED) is 0.572. The normalized spacial score (nSPS) is 13.7.